The first-order valence-electron chi connectivity index (χ1n) is 8.00. The zero-order chi connectivity index (χ0) is 18.4. The third-order valence-electron chi connectivity index (χ3n) is 5.07. The van der Waals surface area contributed by atoms with Gasteiger partial charge in [0.2, 0.25) is 0 Å². The van der Waals surface area contributed by atoms with Crippen LogP contribution in [-0.4, -0.2) is 28.1 Å². The number of alkyl halides is 1. The number of methoxy groups -OCH3 is 1. The number of aromatic hydroxyl groups is 1. The van der Waals surface area contributed by atoms with E-state index < -0.39 is 16.2 Å². The number of hydrogen-bond acceptors (Lipinski definition) is 4. The lowest BCUT2D eigenvalue weighted by Crippen LogP contribution is -2.53. The third kappa shape index (κ3) is 2.49. The molecule has 5 heteroatoms. The molecule has 1 N–H and O–H groups in total. The molecule has 130 valence electrons. The number of fused-ring (bicyclic) bond motifs is 1. The summed E-state index contributed by atoms with van der Waals surface area (Å²) in [6.07, 6.45) is 5.41. The van der Waals surface area contributed by atoms with Crippen LogP contribution in [0, 0.1) is 5.92 Å². The normalized spacial score (nSPS) is 28.8. The van der Waals surface area contributed by atoms with Crippen LogP contribution in [0.1, 0.15) is 24.8 Å². The smallest absolute Gasteiger partial charge is 0.174 e. The average Bonchev–Trinajstić information content (AvgIpc) is 2.59. The molecule has 0 amide bonds. The van der Waals surface area contributed by atoms with Crippen LogP contribution in [-0.2, 0) is 9.59 Å². The van der Waals surface area contributed by atoms with Crippen LogP contribution in [0.15, 0.2) is 54.2 Å². The molecule has 4 nitrogen and oxygen atoms in total. The van der Waals surface area contributed by atoms with Gasteiger partial charge in [-0.2, -0.15) is 0 Å². The topological polar surface area (TPSA) is 63.6 Å². The molecule has 0 spiro atoms. The second-order valence-electron chi connectivity index (χ2n) is 6.35. The Bertz CT molecular complexity index is 836. The van der Waals surface area contributed by atoms with E-state index in [0.717, 1.165) is 5.57 Å². The highest BCUT2D eigenvalue weighted by Crippen LogP contribution is 2.56. The monoisotopic (exact) mass is 402 g/mol. The van der Waals surface area contributed by atoms with Crippen molar-refractivity contribution in [2.45, 2.75) is 23.6 Å². The minimum Gasteiger partial charge on any atom is -0.508 e. The molecule has 25 heavy (non-hydrogen) atoms. The summed E-state index contributed by atoms with van der Waals surface area (Å²) in [6.45, 7) is 5.51. The van der Waals surface area contributed by atoms with Gasteiger partial charge in [-0.15, -0.1) is 0 Å². The van der Waals surface area contributed by atoms with E-state index in [0.29, 0.717) is 23.3 Å². The molecule has 0 aliphatic heterocycles. The number of phenols is 1. The summed E-state index contributed by atoms with van der Waals surface area (Å²) in [6, 6.07) is 4.95. The molecular weight excluding hydrogens is 384 g/mol. The van der Waals surface area contributed by atoms with Crippen molar-refractivity contribution in [1.82, 2.24) is 0 Å². The lowest BCUT2D eigenvalue weighted by Gasteiger charge is -2.45. The van der Waals surface area contributed by atoms with Gasteiger partial charge < -0.3 is 9.84 Å². The zero-order valence-corrected chi connectivity index (χ0v) is 15.7. The quantitative estimate of drug-likeness (QED) is 0.779. The second-order valence-corrected chi connectivity index (χ2v) is 7.66. The largest absolute Gasteiger partial charge is 0.508 e. The fourth-order valence-corrected chi connectivity index (χ4v) is 4.83. The van der Waals surface area contributed by atoms with Gasteiger partial charge >= 0.3 is 0 Å². The third-order valence-corrected chi connectivity index (χ3v) is 6.47. The highest BCUT2D eigenvalue weighted by atomic mass is 79.9. The summed E-state index contributed by atoms with van der Waals surface area (Å²) in [5, 5.41) is 10.5. The van der Waals surface area contributed by atoms with Crippen molar-refractivity contribution < 1.29 is 19.4 Å². The molecule has 3 atom stereocenters. The van der Waals surface area contributed by atoms with Crippen molar-refractivity contribution in [3.63, 3.8) is 0 Å². The van der Waals surface area contributed by atoms with E-state index in [9.17, 15) is 14.7 Å². The Morgan fingerprint density at radius 3 is 2.76 bits per heavy atom. The predicted molar refractivity (Wildman–Crippen MR) is 99.2 cm³/mol. The summed E-state index contributed by atoms with van der Waals surface area (Å²) in [4.78, 5) is 25.7. The number of Topliss-reactive ketones (excluding diaryl/α,β-unsaturated/α-hetero) is 1. The highest BCUT2D eigenvalue weighted by Gasteiger charge is 2.57. The number of ketones is 2. The minimum absolute atomic E-state index is 0.0168. The molecule has 0 saturated heterocycles. The number of phenolic OH excluding ortho intramolecular Hbond substituents is 1. The molecule has 0 saturated carbocycles. The van der Waals surface area contributed by atoms with Crippen molar-refractivity contribution in [1.29, 1.82) is 0 Å². The van der Waals surface area contributed by atoms with Crippen molar-refractivity contribution in [3.05, 3.63) is 59.7 Å². The summed E-state index contributed by atoms with van der Waals surface area (Å²) in [7, 11) is 1.51. The molecule has 3 rings (SSSR count). The Morgan fingerprint density at radius 1 is 1.40 bits per heavy atom. The number of ether oxygens (including phenoxy) is 1. The predicted octanol–water partition coefficient (Wildman–Crippen LogP) is 3.85. The maximum Gasteiger partial charge on any atom is 0.174 e. The van der Waals surface area contributed by atoms with Crippen LogP contribution in [0.4, 0.5) is 0 Å². The van der Waals surface area contributed by atoms with Gasteiger partial charge in [0.1, 0.15) is 15.8 Å². The second kappa shape index (κ2) is 6.30. The lowest BCUT2D eigenvalue weighted by atomic mass is 9.62. The summed E-state index contributed by atoms with van der Waals surface area (Å²) < 4.78 is 4.25. The first kappa shape index (κ1) is 17.7. The fraction of sp³-hybridized carbons (Fsp3) is 0.300. The Balaban J connectivity index is 2.31. The molecule has 0 bridgehead atoms. The molecule has 0 aromatic heterocycles. The SMILES string of the molecule is C=CC1=CCC2C(=O)C(C)=CC(=O)C2(Br)C1c1c(O)cccc1OC. The van der Waals surface area contributed by atoms with Gasteiger partial charge in [0.05, 0.1) is 7.11 Å². The van der Waals surface area contributed by atoms with Crippen molar-refractivity contribution in [2.75, 3.05) is 7.11 Å². The first-order valence-corrected chi connectivity index (χ1v) is 8.79. The minimum atomic E-state index is -1.17. The number of carbonyl (C=O) groups is 2. The Kier molecular flexibility index (Phi) is 4.45. The fourth-order valence-electron chi connectivity index (χ4n) is 3.83. The Hall–Kier alpha value is -2.14. The van der Waals surface area contributed by atoms with E-state index in [1.807, 2.05) is 6.08 Å². The van der Waals surface area contributed by atoms with E-state index in [1.54, 1.807) is 31.2 Å². The number of benzene rings is 1. The number of carbonyl (C=O) groups excluding carboxylic acids is 2. The molecule has 1 aromatic rings. The molecule has 1 aromatic carbocycles. The van der Waals surface area contributed by atoms with Crippen LogP contribution in [0.2, 0.25) is 0 Å². The van der Waals surface area contributed by atoms with Crippen molar-refractivity contribution in [2.24, 2.45) is 5.92 Å². The van der Waals surface area contributed by atoms with Crippen molar-refractivity contribution >= 4 is 27.5 Å². The van der Waals surface area contributed by atoms with Crippen LogP contribution in [0.5, 0.6) is 11.5 Å². The molecular formula is C20H19BrO4. The average molecular weight is 403 g/mol. The van der Waals surface area contributed by atoms with Gasteiger partial charge in [-0.1, -0.05) is 40.7 Å². The van der Waals surface area contributed by atoms with Crippen LogP contribution >= 0.6 is 15.9 Å². The molecule has 2 aliphatic rings. The number of halogens is 1. The molecule has 3 unspecified atom stereocenters. The standard InChI is InChI=1S/C20H19BrO4/c1-4-12-8-9-13-19(24)11(2)10-16(23)20(13,21)18(12)17-14(22)6-5-7-15(17)25-3/h4-8,10,13,18,22H,1,9H2,2-3H3. The van der Waals surface area contributed by atoms with E-state index >= 15 is 0 Å². The highest BCUT2D eigenvalue weighted by molar-refractivity contribution is 9.10. The van der Waals surface area contributed by atoms with E-state index in [1.165, 1.54) is 13.2 Å². The van der Waals surface area contributed by atoms with Gasteiger partial charge in [-0.3, -0.25) is 9.59 Å². The summed E-state index contributed by atoms with van der Waals surface area (Å²) >= 11 is 3.62. The van der Waals surface area contributed by atoms with E-state index in [-0.39, 0.29) is 17.3 Å². The molecule has 0 fully saturated rings. The molecule has 2 aliphatic carbocycles. The zero-order valence-electron chi connectivity index (χ0n) is 14.1. The van der Waals surface area contributed by atoms with Crippen LogP contribution < -0.4 is 4.74 Å². The molecule has 0 radical (unpaired) electrons. The van der Waals surface area contributed by atoms with Gasteiger partial charge in [-0.05, 0) is 42.7 Å². The van der Waals surface area contributed by atoms with Crippen LogP contribution in [0.25, 0.3) is 0 Å². The number of rotatable bonds is 3. The van der Waals surface area contributed by atoms with Gasteiger partial charge in [0.25, 0.3) is 0 Å². The Labute approximate surface area is 155 Å². The van der Waals surface area contributed by atoms with Crippen molar-refractivity contribution in [3.8, 4) is 11.5 Å². The number of allylic oxidation sites excluding steroid dienone is 5. The maximum atomic E-state index is 13.0. The summed E-state index contributed by atoms with van der Waals surface area (Å²) in [5.74, 6) is -0.886. The van der Waals surface area contributed by atoms with E-state index in [4.69, 9.17) is 4.74 Å². The van der Waals surface area contributed by atoms with E-state index in [2.05, 4.69) is 22.5 Å². The van der Waals surface area contributed by atoms with Gasteiger partial charge in [0, 0.05) is 17.4 Å². The van der Waals surface area contributed by atoms with Crippen LogP contribution in [0.3, 0.4) is 0 Å². The number of hydrogen-bond donors (Lipinski definition) is 1. The summed E-state index contributed by atoms with van der Waals surface area (Å²) in [5.41, 5.74) is 1.72. The maximum absolute atomic E-state index is 13.0. The lowest BCUT2D eigenvalue weighted by molar-refractivity contribution is -0.128. The molecule has 0 heterocycles. The first-order chi connectivity index (χ1) is 11.9. The van der Waals surface area contributed by atoms with Gasteiger partial charge in [-0.25, -0.2) is 0 Å². The Morgan fingerprint density at radius 2 is 2.12 bits per heavy atom. The van der Waals surface area contributed by atoms with Gasteiger partial charge in [0.15, 0.2) is 11.6 Å².